The normalized spacial score (nSPS) is 19.7. The van der Waals surface area contributed by atoms with Crippen molar-refractivity contribution < 1.29 is 24.2 Å². The van der Waals surface area contributed by atoms with Crippen LogP contribution < -0.4 is 4.90 Å². The fourth-order valence-corrected chi connectivity index (χ4v) is 5.20. The van der Waals surface area contributed by atoms with E-state index < -0.39 is 14.2 Å². The lowest BCUT2D eigenvalue weighted by Crippen LogP contribution is -2.53. The highest BCUT2D eigenvalue weighted by molar-refractivity contribution is 6.76. The van der Waals surface area contributed by atoms with Crippen molar-refractivity contribution in [3.8, 4) is 0 Å². The second-order valence-electron chi connectivity index (χ2n) is 9.96. The van der Waals surface area contributed by atoms with E-state index in [2.05, 4.69) is 24.2 Å². The van der Waals surface area contributed by atoms with Gasteiger partial charge in [-0.25, -0.2) is 14.5 Å². The zero-order chi connectivity index (χ0) is 23.8. The summed E-state index contributed by atoms with van der Waals surface area (Å²) in [6.45, 7) is 8.57. The van der Waals surface area contributed by atoms with Crippen molar-refractivity contribution in [3.63, 3.8) is 0 Å². The molecule has 2 aliphatic rings. The Bertz CT molecular complexity index is 1060. The van der Waals surface area contributed by atoms with Crippen LogP contribution in [0.4, 0.5) is 15.3 Å². The minimum atomic E-state index is -1.26. The zero-order valence-corrected chi connectivity index (χ0v) is 20.5. The number of hydrogen-bond acceptors (Lipinski definition) is 4. The number of anilines is 1. The second-order valence-corrected chi connectivity index (χ2v) is 15.6. The first kappa shape index (κ1) is 23.3. The molecule has 1 atom stereocenters. The monoisotopic (exact) mass is 472 g/mol. The number of carbonyl (C=O) groups is 3. The van der Waals surface area contributed by atoms with Gasteiger partial charge in [-0.2, -0.15) is 0 Å². The summed E-state index contributed by atoms with van der Waals surface area (Å²) in [6.07, 6.45) is 2.06. The lowest BCUT2D eigenvalue weighted by molar-refractivity contribution is -0.133. The minimum Gasteiger partial charge on any atom is -0.465 e. The van der Waals surface area contributed by atoms with Gasteiger partial charge in [-0.3, -0.25) is 9.69 Å². The van der Waals surface area contributed by atoms with Gasteiger partial charge in [0.25, 0.3) is 0 Å². The van der Waals surface area contributed by atoms with Crippen LogP contribution >= 0.6 is 0 Å². The molecule has 33 heavy (non-hydrogen) atoms. The van der Waals surface area contributed by atoms with E-state index in [0.29, 0.717) is 26.2 Å². The number of hydrogen-bond donors (Lipinski definition) is 1. The van der Waals surface area contributed by atoms with Crippen LogP contribution in [0.2, 0.25) is 25.7 Å². The number of ether oxygens (including phenoxy) is 1. The molecule has 1 N–H and O–H groups in total. The Morgan fingerprint density at radius 1 is 1.18 bits per heavy atom. The molecule has 0 saturated carbocycles. The van der Waals surface area contributed by atoms with Crippen molar-refractivity contribution in [2.24, 2.45) is 0 Å². The number of fused-ring (bicyclic) bond motifs is 1. The van der Waals surface area contributed by atoms with E-state index in [9.17, 15) is 19.5 Å². The Labute approximate surface area is 194 Å². The summed E-state index contributed by atoms with van der Waals surface area (Å²) >= 11 is 0. The van der Waals surface area contributed by atoms with Crippen LogP contribution in [-0.4, -0.2) is 78.6 Å². The van der Waals surface area contributed by atoms with Crippen molar-refractivity contribution in [2.45, 2.75) is 44.6 Å². The molecule has 0 radical (unpaired) electrons. The quantitative estimate of drug-likeness (QED) is 0.485. The Balaban J connectivity index is 1.52. The molecule has 9 nitrogen and oxygen atoms in total. The number of carbonyl (C=O) groups excluding carboxylic acids is 2. The fraction of sp³-hybridized carbons (Fsp3) is 0.522. The van der Waals surface area contributed by atoms with Crippen LogP contribution in [0, 0.1) is 0 Å². The van der Waals surface area contributed by atoms with Gasteiger partial charge in [0.05, 0.1) is 17.2 Å². The minimum absolute atomic E-state index is 0.0251. The standard InChI is InChI=1S/C23H32N4O5Si/c1-33(2,3)14-13-32-16-27-21(28)9-12-26(22(27)29)20-6-4-5-19-18(20)8-11-25(19)17-7-10-24(15-17)23(30)31/h4-6,8,11,17H,7,9-10,12-16H2,1-3H3,(H,30,31)/t17-/m0/s1. The van der Waals surface area contributed by atoms with E-state index in [1.54, 1.807) is 4.90 Å². The van der Waals surface area contributed by atoms with E-state index in [1.807, 2.05) is 30.5 Å². The van der Waals surface area contributed by atoms with Gasteiger partial charge in [0.2, 0.25) is 5.91 Å². The van der Waals surface area contributed by atoms with E-state index in [1.165, 1.54) is 9.80 Å². The third-order valence-electron chi connectivity index (χ3n) is 6.39. The molecule has 2 fully saturated rings. The van der Waals surface area contributed by atoms with E-state index >= 15 is 0 Å². The van der Waals surface area contributed by atoms with Crippen molar-refractivity contribution in [1.29, 1.82) is 0 Å². The maximum atomic E-state index is 13.2. The van der Waals surface area contributed by atoms with E-state index in [0.717, 1.165) is 29.1 Å². The maximum Gasteiger partial charge on any atom is 0.407 e. The number of aromatic nitrogens is 1. The summed E-state index contributed by atoms with van der Waals surface area (Å²) in [7, 11) is -1.26. The molecule has 3 heterocycles. The summed E-state index contributed by atoms with van der Waals surface area (Å²) in [6, 6.07) is 8.41. The summed E-state index contributed by atoms with van der Waals surface area (Å²) in [4.78, 5) is 41.3. The van der Waals surface area contributed by atoms with Crippen molar-refractivity contribution in [3.05, 3.63) is 30.5 Å². The van der Waals surface area contributed by atoms with Gasteiger partial charge in [0, 0.05) is 52.3 Å². The summed E-state index contributed by atoms with van der Waals surface area (Å²) < 4.78 is 7.79. The molecule has 0 spiro atoms. The first-order valence-electron chi connectivity index (χ1n) is 11.4. The number of benzene rings is 1. The SMILES string of the molecule is C[Si](C)(C)CCOCN1C(=O)CCN(c2cccc3c2ccn3[C@H]2CCN(C(=O)O)C2)C1=O. The number of imide groups is 1. The maximum absolute atomic E-state index is 13.2. The number of nitrogens with zero attached hydrogens (tertiary/aromatic N) is 4. The average molecular weight is 473 g/mol. The Morgan fingerprint density at radius 3 is 2.67 bits per heavy atom. The molecule has 4 amide bonds. The van der Waals surface area contributed by atoms with Gasteiger partial charge in [0.1, 0.15) is 6.73 Å². The summed E-state index contributed by atoms with van der Waals surface area (Å²) in [5.41, 5.74) is 1.70. The van der Waals surface area contributed by atoms with E-state index in [-0.39, 0.29) is 31.1 Å². The molecular weight excluding hydrogens is 440 g/mol. The number of likely N-dealkylation sites (tertiary alicyclic amines) is 1. The lowest BCUT2D eigenvalue weighted by Gasteiger charge is -2.34. The lowest BCUT2D eigenvalue weighted by atomic mass is 10.1. The number of amides is 4. The molecule has 2 aliphatic heterocycles. The van der Waals surface area contributed by atoms with Gasteiger partial charge < -0.3 is 19.3 Å². The van der Waals surface area contributed by atoms with Gasteiger partial charge in [0.15, 0.2) is 0 Å². The predicted octanol–water partition coefficient (Wildman–Crippen LogP) is 4.04. The zero-order valence-electron chi connectivity index (χ0n) is 19.5. The van der Waals surface area contributed by atoms with Gasteiger partial charge in [-0.1, -0.05) is 25.7 Å². The smallest absolute Gasteiger partial charge is 0.407 e. The highest BCUT2D eigenvalue weighted by Gasteiger charge is 2.34. The molecule has 0 bridgehead atoms. The molecular formula is C23H32N4O5Si. The predicted molar refractivity (Wildman–Crippen MR) is 128 cm³/mol. The molecule has 1 aromatic heterocycles. The van der Waals surface area contributed by atoms with Crippen LogP contribution in [0.3, 0.4) is 0 Å². The van der Waals surface area contributed by atoms with Crippen LogP contribution in [0.1, 0.15) is 18.9 Å². The van der Waals surface area contributed by atoms with Crippen LogP contribution in [0.15, 0.2) is 30.5 Å². The summed E-state index contributed by atoms with van der Waals surface area (Å²) in [5, 5.41) is 10.2. The topological polar surface area (TPSA) is 95.3 Å². The van der Waals surface area contributed by atoms with Crippen molar-refractivity contribution in [1.82, 2.24) is 14.4 Å². The number of urea groups is 1. The molecule has 2 saturated heterocycles. The van der Waals surface area contributed by atoms with Crippen molar-refractivity contribution >= 4 is 42.7 Å². The highest BCUT2D eigenvalue weighted by atomic mass is 28.3. The Kier molecular flexibility index (Phi) is 6.49. The van der Waals surface area contributed by atoms with Gasteiger partial charge in [-0.05, 0) is 30.7 Å². The first-order chi connectivity index (χ1) is 15.7. The summed E-state index contributed by atoms with van der Waals surface area (Å²) in [5.74, 6) is -0.214. The third-order valence-corrected chi connectivity index (χ3v) is 8.09. The molecule has 4 rings (SSSR count). The van der Waals surface area contributed by atoms with Crippen LogP contribution in [0.25, 0.3) is 10.9 Å². The van der Waals surface area contributed by atoms with Crippen LogP contribution in [0.5, 0.6) is 0 Å². The largest absolute Gasteiger partial charge is 0.465 e. The fourth-order valence-electron chi connectivity index (χ4n) is 4.44. The molecule has 10 heteroatoms. The Morgan fingerprint density at radius 2 is 1.97 bits per heavy atom. The average Bonchev–Trinajstić information content (AvgIpc) is 3.39. The van der Waals surface area contributed by atoms with E-state index in [4.69, 9.17) is 4.74 Å². The molecule has 2 aromatic rings. The van der Waals surface area contributed by atoms with Crippen molar-refractivity contribution in [2.75, 3.05) is 37.9 Å². The number of rotatable bonds is 7. The second kappa shape index (κ2) is 9.18. The first-order valence-corrected chi connectivity index (χ1v) is 15.1. The van der Waals surface area contributed by atoms with Gasteiger partial charge >= 0.3 is 12.1 Å². The molecule has 0 unspecified atom stereocenters. The van der Waals surface area contributed by atoms with Gasteiger partial charge in [-0.15, -0.1) is 0 Å². The van der Waals surface area contributed by atoms with Crippen LogP contribution in [-0.2, 0) is 9.53 Å². The molecule has 0 aliphatic carbocycles. The molecule has 1 aromatic carbocycles. The number of carboxylic acid groups (broad SMARTS) is 1. The molecule has 178 valence electrons. The highest BCUT2D eigenvalue weighted by Crippen LogP contribution is 2.34. The Hall–Kier alpha value is -2.85. The third kappa shape index (κ3) is 4.91.